The number of nitrogens with one attached hydrogen (secondary N) is 1. The second-order valence-corrected chi connectivity index (χ2v) is 4.39. The van der Waals surface area contributed by atoms with Gasteiger partial charge in [0.25, 0.3) is 5.91 Å². The van der Waals surface area contributed by atoms with Crippen molar-refractivity contribution in [2.45, 2.75) is 6.54 Å². The lowest BCUT2D eigenvalue weighted by Crippen LogP contribution is -2.23. The number of benzene rings is 2. The maximum Gasteiger partial charge on any atom is 0.259 e. The highest BCUT2D eigenvalue weighted by atomic mass is 16.5. The van der Waals surface area contributed by atoms with Crippen LogP contribution in [0, 0.1) is 0 Å². The van der Waals surface area contributed by atoms with Crippen molar-refractivity contribution in [2.24, 2.45) is 0 Å². The molecule has 0 radical (unpaired) electrons. The highest BCUT2D eigenvalue weighted by molar-refractivity contribution is 5.99. The van der Waals surface area contributed by atoms with E-state index >= 15 is 0 Å². The first-order valence-corrected chi connectivity index (χ1v) is 6.42. The number of ether oxygens (including phenoxy) is 2. The number of rotatable bonds is 5. The Balaban J connectivity index is 2.08. The van der Waals surface area contributed by atoms with Crippen molar-refractivity contribution in [3.63, 3.8) is 0 Å². The summed E-state index contributed by atoms with van der Waals surface area (Å²) in [6, 6.07) is 12.1. The molecule has 0 aliphatic carbocycles. The van der Waals surface area contributed by atoms with Gasteiger partial charge in [-0.2, -0.15) is 0 Å². The fourth-order valence-electron chi connectivity index (χ4n) is 1.93. The van der Waals surface area contributed by atoms with Crippen LogP contribution in [0.5, 0.6) is 17.2 Å². The molecule has 110 valence electrons. The Morgan fingerprint density at radius 3 is 2.43 bits per heavy atom. The van der Waals surface area contributed by atoms with E-state index in [4.69, 9.17) is 9.47 Å². The summed E-state index contributed by atoms with van der Waals surface area (Å²) in [6.07, 6.45) is 0. The largest absolute Gasteiger partial charge is 0.507 e. The number of methoxy groups -OCH3 is 2. The molecule has 2 rings (SSSR count). The van der Waals surface area contributed by atoms with Crippen molar-refractivity contribution in [1.29, 1.82) is 0 Å². The maximum absolute atomic E-state index is 12.2. The summed E-state index contributed by atoms with van der Waals surface area (Å²) in [5, 5.41) is 12.5. The summed E-state index contributed by atoms with van der Waals surface area (Å²) in [6.45, 7) is 0.348. The zero-order valence-corrected chi connectivity index (χ0v) is 11.9. The number of phenols is 1. The Morgan fingerprint density at radius 1 is 1.10 bits per heavy atom. The van der Waals surface area contributed by atoms with Gasteiger partial charge in [-0.1, -0.05) is 18.2 Å². The van der Waals surface area contributed by atoms with Crippen molar-refractivity contribution >= 4 is 5.91 Å². The van der Waals surface area contributed by atoms with Gasteiger partial charge in [0.05, 0.1) is 14.2 Å². The number of carbonyl (C=O) groups excluding carboxylic acids is 1. The summed E-state index contributed by atoms with van der Waals surface area (Å²) >= 11 is 0. The molecule has 2 aromatic rings. The SMILES string of the molecule is COc1ccc(CNC(=O)c2c(O)cccc2OC)cc1. The maximum atomic E-state index is 12.2. The molecular formula is C16H17NO4. The van der Waals surface area contributed by atoms with E-state index in [0.29, 0.717) is 12.3 Å². The molecule has 0 aliphatic rings. The topological polar surface area (TPSA) is 67.8 Å². The summed E-state index contributed by atoms with van der Waals surface area (Å²) in [5.74, 6) is 0.594. The molecule has 21 heavy (non-hydrogen) atoms. The van der Waals surface area contributed by atoms with E-state index in [-0.39, 0.29) is 17.2 Å². The normalized spacial score (nSPS) is 10.0. The molecule has 0 spiro atoms. The monoisotopic (exact) mass is 287 g/mol. The first kappa shape index (κ1) is 14.7. The van der Waals surface area contributed by atoms with Gasteiger partial charge in [-0.05, 0) is 29.8 Å². The zero-order chi connectivity index (χ0) is 15.2. The van der Waals surface area contributed by atoms with Crippen LogP contribution in [0.1, 0.15) is 15.9 Å². The van der Waals surface area contributed by atoms with Crippen LogP contribution in [0.2, 0.25) is 0 Å². The van der Waals surface area contributed by atoms with Gasteiger partial charge in [-0.25, -0.2) is 0 Å². The minimum absolute atomic E-state index is 0.110. The molecule has 0 heterocycles. The van der Waals surface area contributed by atoms with Crippen LogP contribution < -0.4 is 14.8 Å². The molecule has 2 aromatic carbocycles. The third kappa shape index (κ3) is 3.45. The molecule has 5 nitrogen and oxygen atoms in total. The van der Waals surface area contributed by atoms with Crippen molar-refractivity contribution in [3.05, 3.63) is 53.6 Å². The Labute approximate surface area is 123 Å². The van der Waals surface area contributed by atoms with Crippen LogP contribution in [-0.2, 0) is 6.54 Å². The first-order valence-electron chi connectivity index (χ1n) is 6.42. The molecule has 0 aromatic heterocycles. The van der Waals surface area contributed by atoms with E-state index in [9.17, 15) is 9.90 Å². The lowest BCUT2D eigenvalue weighted by Gasteiger charge is -2.11. The van der Waals surface area contributed by atoms with Crippen molar-refractivity contribution in [2.75, 3.05) is 14.2 Å². The van der Waals surface area contributed by atoms with E-state index < -0.39 is 0 Å². The molecule has 2 N–H and O–H groups in total. The van der Waals surface area contributed by atoms with Crippen molar-refractivity contribution in [3.8, 4) is 17.2 Å². The molecule has 0 unspecified atom stereocenters. The van der Waals surface area contributed by atoms with Crippen LogP contribution in [0.25, 0.3) is 0 Å². The second-order valence-electron chi connectivity index (χ2n) is 4.39. The summed E-state index contributed by atoms with van der Waals surface area (Å²) in [5.41, 5.74) is 1.06. The summed E-state index contributed by atoms with van der Waals surface area (Å²) in [7, 11) is 3.05. The van der Waals surface area contributed by atoms with Gasteiger partial charge >= 0.3 is 0 Å². The molecule has 0 saturated heterocycles. The van der Waals surface area contributed by atoms with Crippen LogP contribution in [0.4, 0.5) is 0 Å². The van der Waals surface area contributed by atoms with E-state index in [1.165, 1.54) is 13.2 Å². The average molecular weight is 287 g/mol. The number of aromatic hydroxyl groups is 1. The fourth-order valence-corrected chi connectivity index (χ4v) is 1.93. The molecule has 0 saturated carbocycles. The number of carbonyl (C=O) groups is 1. The van der Waals surface area contributed by atoms with Crippen LogP contribution in [-0.4, -0.2) is 25.2 Å². The Morgan fingerprint density at radius 2 is 1.81 bits per heavy atom. The van der Waals surface area contributed by atoms with E-state index in [0.717, 1.165) is 11.3 Å². The average Bonchev–Trinajstić information content (AvgIpc) is 2.52. The zero-order valence-electron chi connectivity index (χ0n) is 11.9. The molecule has 0 fully saturated rings. The Hall–Kier alpha value is -2.69. The summed E-state index contributed by atoms with van der Waals surface area (Å²) < 4.78 is 10.2. The van der Waals surface area contributed by atoms with Gasteiger partial charge in [0.15, 0.2) is 0 Å². The number of hydrogen-bond donors (Lipinski definition) is 2. The van der Waals surface area contributed by atoms with Crippen molar-refractivity contribution < 1.29 is 19.4 Å². The Bertz CT molecular complexity index is 623. The molecule has 0 atom stereocenters. The third-order valence-corrected chi connectivity index (χ3v) is 3.06. The van der Waals surface area contributed by atoms with E-state index in [2.05, 4.69) is 5.32 Å². The molecule has 0 aliphatic heterocycles. The highest BCUT2D eigenvalue weighted by Crippen LogP contribution is 2.27. The third-order valence-electron chi connectivity index (χ3n) is 3.06. The van der Waals surface area contributed by atoms with Gasteiger partial charge in [-0.15, -0.1) is 0 Å². The predicted octanol–water partition coefficient (Wildman–Crippen LogP) is 2.34. The van der Waals surface area contributed by atoms with Gasteiger partial charge in [-0.3, -0.25) is 4.79 Å². The lowest BCUT2D eigenvalue weighted by atomic mass is 10.1. The van der Waals surface area contributed by atoms with Gasteiger partial charge in [0.2, 0.25) is 0 Å². The molecular weight excluding hydrogens is 270 g/mol. The minimum Gasteiger partial charge on any atom is -0.507 e. The number of amides is 1. The fraction of sp³-hybridized carbons (Fsp3) is 0.188. The van der Waals surface area contributed by atoms with Gasteiger partial charge in [0.1, 0.15) is 22.8 Å². The van der Waals surface area contributed by atoms with Gasteiger partial charge < -0.3 is 19.9 Å². The summed E-state index contributed by atoms with van der Waals surface area (Å²) in [4.78, 5) is 12.2. The van der Waals surface area contributed by atoms with Crippen molar-refractivity contribution in [1.82, 2.24) is 5.32 Å². The number of hydrogen-bond acceptors (Lipinski definition) is 4. The smallest absolute Gasteiger partial charge is 0.259 e. The minimum atomic E-state index is -0.388. The van der Waals surface area contributed by atoms with Gasteiger partial charge in [0, 0.05) is 6.54 Å². The quantitative estimate of drug-likeness (QED) is 0.885. The first-order chi connectivity index (χ1) is 10.2. The second kappa shape index (κ2) is 6.65. The molecule has 0 bridgehead atoms. The van der Waals surface area contributed by atoms with Crippen LogP contribution >= 0.6 is 0 Å². The van der Waals surface area contributed by atoms with Crippen LogP contribution in [0.3, 0.4) is 0 Å². The molecule has 5 heteroatoms. The standard InChI is InChI=1S/C16H17NO4/c1-20-12-8-6-11(7-9-12)10-17-16(19)15-13(18)4-3-5-14(15)21-2/h3-9,18H,10H2,1-2H3,(H,17,19). The molecule has 1 amide bonds. The Kier molecular flexibility index (Phi) is 4.66. The van der Waals surface area contributed by atoms with E-state index in [1.54, 1.807) is 19.2 Å². The lowest BCUT2D eigenvalue weighted by molar-refractivity contribution is 0.0945. The highest BCUT2D eigenvalue weighted by Gasteiger charge is 2.16. The van der Waals surface area contributed by atoms with Crippen LogP contribution in [0.15, 0.2) is 42.5 Å². The predicted molar refractivity (Wildman–Crippen MR) is 78.8 cm³/mol. The number of phenolic OH excluding ortho intramolecular Hbond substituents is 1. The van der Waals surface area contributed by atoms with E-state index in [1.807, 2.05) is 24.3 Å².